The van der Waals surface area contributed by atoms with Crippen LogP contribution in [-0.4, -0.2) is 64.6 Å². The summed E-state index contributed by atoms with van der Waals surface area (Å²) in [5.74, 6) is -0.758. The monoisotopic (exact) mass is 609 g/mol. The highest BCUT2D eigenvalue weighted by molar-refractivity contribution is 7.11. The predicted octanol–water partition coefficient (Wildman–Crippen LogP) is 7.28. The van der Waals surface area contributed by atoms with Gasteiger partial charge in [0.1, 0.15) is 17.7 Å². The van der Waals surface area contributed by atoms with Gasteiger partial charge in [0.2, 0.25) is 0 Å². The van der Waals surface area contributed by atoms with Gasteiger partial charge in [-0.15, -0.1) is 11.3 Å². The van der Waals surface area contributed by atoms with E-state index >= 15 is 0 Å². The molecule has 2 aromatic carbocycles. The van der Waals surface area contributed by atoms with E-state index in [0.29, 0.717) is 29.7 Å². The number of hydrogen-bond acceptors (Lipinski definition) is 5. The van der Waals surface area contributed by atoms with Crippen molar-refractivity contribution in [2.24, 2.45) is 11.3 Å². The van der Waals surface area contributed by atoms with E-state index in [1.807, 2.05) is 20.8 Å². The van der Waals surface area contributed by atoms with Crippen molar-refractivity contribution < 1.29 is 18.7 Å². The van der Waals surface area contributed by atoms with Crippen LogP contribution in [0.15, 0.2) is 42.5 Å². The zero-order chi connectivity index (χ0) is 30.9. The lowest BCUT2D eigenvalue weighted by molar-refractivity contribution is -0.147. The highest BCUT2D eigenvalue weighted by Crippen LogP contribution is 2.40. The number of likely N-dealkylation sites (tertiary alicyclic amines) is 2. The second-order valence-electron chi connectivity index (χ2n) is 13.6. The van der Waals surface area contributed by atoms with Crippen molar-refractivity contribution in [1.29, 1.82) is 0 Å². The third-order valence-corrected chi connectivity index (χ3v) is 10.5. The molecule has 2 aliphatic rings. The minimum atomic E-state index is -0.741. The Kier molecular flexibility index (Phi) is 9.69. The van der Waals surface area contributed by atoms with Crippen LogP contribution < -0.4 is 0 Å². The minimum absolute atomic E-state index is 0.297. The molecule has 2 fully saturated rings. The second-order valence-corrected chi connectivity index (χ2v) is 14.8. The Morgan fingerprint density at radius 1 is 1.09 bits per heavy atom. The van der Waals surface area contributed by atoms with Gasteiger partial charge in [-0.2, -0.15) is 0 Å². The summed E-state index contributed by atoms with van der Waals surface area (Å²) in [6.45, 7) is 14.8. The molecule has 0 spiro atoms. The summed E-state index contributed by atoms with van der Waals surface area (Å²) < 4.78 is 27.5. The number of carboxylic acid groups (broad SMARTS) is 1. The molecule has 3 heterocycles. The van der Waals surface area contributed by atoms with E-state index in [9.17, 15) is 18.7 Å². The van der Waals surface area contributed by atoms with Crippen LogP contribution >= 0.6 is 11.3 Å². The number of benzene rings is 2. The topological polar surface area (TPSA) is 56.7 Å². The number of halogens is 2. The normalized spacial score (nSPS) is 21.4. The summed E-state index contributed by atoms with van der Waals surface area (Å²) in [6, 6.07) is 11.9. The maximum absolute atomic E-state index is 13.8. The van der Waals surface area contributed by atoms with Crippen molar-refractivity contribution in [3.05, 3.63) is 86.4 Å². The van der Waals surface area contributed by atoms with E-state index < -0.39 is 23.6 Å². The van der Waals surface area contributed by atoms with Crippen molar-refractivity contribution in [2.75, 3.05) is 32.7 Å². The van der Waals surface area contributed by atoms with Crippen LogP contribution in [0.25, 0.3) is 0 Å². The molecule has 3 aromatic rings. The molecule has 1 aromatic heterocycles. The van der Waals surface area contributed by atoms with Crippen molar-refractivity contribution in [3.63, 3.8) is 0 Å². The van der Waals surface area contributed by atoms with E-state index in [2.05, 4.69) is 47.9 Å². The number of aromatic nitrogens is 1. The number of carboxylic acids is 1. The molecule has 0 amide bonds. The average molecular weight is 610 g/mol. The number of carbonyl (C=O) groups is 1. The van der Waals surface area contributed by atoms with Crippen LogP contribution in [0, 0.1) is 29.9 Å². The zero-order valence-electron chi connectivity index (χ0n) is 26.1. The lowest BCUT2D eigenvalue weighted by Crippen LogP contribution is -2.48. The van der Waals surface area contributed by atoms with Crippen molar-refractivity contribution >= 4 is 17.3 Å². The van der Waals surface area contributed by atoms with Gasteiger partial charge in [0.05, 0.1) is 10.7 Å². The summed E-state index contributed by atoms with van der Waals surface area (Å²) in [5, 5.41) is 11.1. The number of piperidine rings is 1. The maximum atomic E-state index is 13.8. The Morgan fingerprint density at radius 2 is 1.79 bits per heavy atom. The zero-order valence-corrected chi connectivity index (χ0v) is 26.9. The average Bonchev–Trinajstić information content (AvgIpc) is 3.51. The molecule has 0 saturated carbocycles. The Hall–Kier alpha value is -2.68. The lowest BCUT2D eigenvalue weighted by Gasteiger charge is -2.36. The molecule has 2 aliphatic heterocycles. The molecule has 5 nitrogen and oxygen atoms in total. The molecule has 0 bridgehead atoms. The van der Waals surface area contributed by atoms with Crippen LogP contribution in [0.4, 0.5) is 8.78 Å². The van der Waals surface area contributed by atoms with Gasteiger partial charge in [0.25, 0.3) is 0 Å². The maximum Gasteiger partial charge on any atom is 0.321 e. The highest BCUT2D eigenvalue weighted by atomic mass is 32.1. The highest BCUT2D eigenvalue weighted by Gasteiger charge is 2.44. The van der Waals surface area contributed by atoms with Gasteiger partial charge >= 0.3 is 5.97 Å². The van der Waals surface area contributed by atoms with Crippen molar-refractivity contribution in [3.8, 4) is 0 Å². The molecule has 2 saturated heterocycles. The molecule has 232 valence electrons. The molecule has 0 unspecified atom stereocenters. The van der Waals surface area contributed by atoms with Gasteiger partial charge in [-0.05, 0) is 79.8 Å². The number of aliphatic carboxylic acids is 1. The minimum Gasteiger partial charge on any atom is -0.480 e. The molecule has 8 heteroatoms. The fourth-order valence-electron chi connectivity index (χ4n) is 7.31. The number of aryl methyl sites for hydroxylation is 2. The van der Waals surface area contributed by atoms with Crippen molar-refractivity contribution in [2.45, 2.75) is 78.2 Å². The van der Waals surface area contributed by atoms with Crippen LogP contribution in [0.5, 0.6) is 0 Å². The Labute approximate surface area is 258 Å². The van der Waals surface area contributed by atoms with Gasteiger partial charge in [-0.1, -0.05) is 57.5 Å². The van der Waals surface area contributed by atoms with Gasteiger partial charge < -0.3 is 10.0 Å². The summed E-state index contributed by atoms with van der Waals surface area (Å²) in [5.41, 5.74) is 3.91. The smallest absolute Gasteiger partial charge is 0.321 e. The van der Waals surface area contributed by atoms with Gasteiger partial charge in [0.15, 0.2) is 0 Å². The quantitative estimate of drug-likeness (QED) is 0.276. The second kappa shape index (κ2) is 13.1. The van der Waals surface area contributed by atoms with Gasteiger partial charge in [-0.25, -0.2) is 13.8 Å². The van der Waals surface area contributed by atoms with E-state index in [1.165, 1.54) is 28.1 Å². The first kappa shape index (κ1) is 31.7. The number of nitrogens with zero attached hydrogens (tertiary/aromatic N) is 3. The summed E-state index contributed by atoms with van der Waals surface area (Å²) >= 11 is 1.70. The summed E-state index contributed by atoms with van der Waals surface area (Å²) in [7, 11) is 0. The van der Waals surface area contributed by atoms with E-state index in [1.54, 1.807) is 11.3 Å². The van der Waals surface area contributed by atoms with Crippen LogP contribution in [0.1, 0.15) is 84.6 Å². The molecule has 5 rings (SSSR count). The van der Waals surface area contributed by atoms with Gasteiger partial charge in [-0.3, -0.25) is 9.69 Å². The third kappa shape index (κ3) is 7.52. The molecule has 3 atom stereocenters. The molecule has 1 N–H and O–H groups in total. The Bertz CT molecular complexity index is 1410. The largest absolute Gasteiger partial charge is 0.480 e. The predicted molar refractivity (Wildman–Crippen MR) is 169 cm³/mol. The number of thiazole rings is 1. The molecule has 43 heavy (non-hydrogen) atoms. The molecule has 0 aliphatic carbocycles. The fourth-order valence-corrected chi connectivity index (χ4v) is 8.67. The first-order valence-electron chi connectivity index (χ1n) is 15.6. The lowest BCUT2D eigenvalue weighted by atomic mass is 9.85. The molecule has 0 radical (unpaired) electrons. The van der Waals surface area contributed by atoms with E-state index in [0.717, 1.165) is 68.8 Å². The van der Waals surface area contributed by atoms with E-state index in [-0.39, 0.29) is 5.41 Å². The first-order chi connectivity index (χ1) is 20.4. The molecular formula is C35H45F2N3O2S. The summed E-state index contributed by atoms with van der Waals surface area (Å²) in [4.78, 5) is 23.4. The molecular weight excluding hydrogens is 564 g/mol. The SMILES string of the molecule is CCc1nc(Cc2cc(F)cc(F)c2)sc1C1CCN(C[C@H]2CN([C@@H](C(=O)O)C(C)(C)C)C[C@@H]2c2cccc(C)c2)CC1. The van der Waals surface area contributed by atoms with Crippen LogP contribution in [-0.2, 0) is 17.6 Å². The summed E-state index contributed by atoms with van der Waals surface area (Å²) in [6.07, 6.45) is 3.39. The standard InChI is InChI=1S/C35H45F2N3O2S/c1-6-30-32(43-31(38-30)17-23-15-27(36)18-28(37)16-23)24-10-12-39(13-11-24)19-26-20-40(33(34(41)42)35(3,4)5)21-29(26)25-9-7-8-22(2)14-25/h7-9,14-16,18,24,26,29,33H,6,10-13,17,19-21H2,1-5H3,(H,41,42)/t26-,29+,33-/m0/s1. The fraction of sp³-hybridized carbons (Fsp3) is 0.543. The van der Waals surface area contributed by atoms with Gasteiger partial charge in [0, 0.05) is 42.9 Å². The Morgan fingerprint density at radius 3 is 2.40 bits per heavy atom. The van der Waals surface area contributed by atoms with E-state index in [4.69, 9.17) is 4.98 Å². The third-order valence-electron chi connectivity index (χ3n) is 9.19. The Balaban J connectivity index is 1.27. The first-order valence-corrected chi connectivity index (χ1v) is 16.4. The van der Waals surface area contributed by atoms with Crippen molar-refractivity contribution in [1.82, 2.24) is 14.8 Å². The number of rotatable bonds is 9. The van der Waals surface area contributed by atoms with Crippen LogP contribution in [0.2, 0.25) is 0 Å². The number of hydrogen-bond donors (Lipinski definition) is 1. The van der Waals surface area contributed by atoms with Crippen LogP contribution in [0.3, 0.4) is 0 Å².